The summed E-state index contributed by atoms with van der Waals surface area (Å²) in [5.74, 6) is 0.892. The first-order valence-electron chi connectivity index (χ1n) is 7.97. The molecule has 0 spiro atoms. The maximum absolute atomic E-state index is 11.9. The lowest BCUT2D eigenvalue weighted by atomic mass is 9.90. The molecule has 1 unspecified atom stereocenters. The van der Waals surface area contributed by atoms with Crippen molar-refractivity contribution in [2.75, 3.05) is 18.9 Å². The fraction of sp³-hybridized carbons (Fsp3) is 0.353. The molecule has 1 aromatic carbocycles. The number of aromatic nitrogens is 2. The zero-order valence-corrected chi connectivity index (χ0v) is 16.7. The summed E-state index contributed by atoms with van der Waals surface area (Å²) in [6, 6.07) is 9.89. The lowest BCUT2D eigenvalue weighted by Gasteiger charge is -2.26. The number of amides is 1. The molecule has 134 valence electrons. The maximum Gasteiger partial charge on any atom is 0.225 e. The molecule has 7 nitrogen and oxygen atoms in total. The standard InChI is InChI=1S/C17H22N6O.HI/c1-18-17(20-11-13-7-8-21-23(13)2)19-10-12-9-16(24)22-15-6-4-3-5-14(12)15;/h3-8,12H,9-11H2,1-2H3,(H,22,24)(H2,18,19,20);1H. The number of hydrogen-bond donors (Lipinski definition) is 3. The molecule has 1 aromatic heterocycles. The van der Waals surface area contributed by atoms with Crippen molar-refractivity contribution >= 4 is 41.5 Å². The molecule has 0 aliphatic carbocycles. The molecule has 2 heterocycles. The van der Waals surface area contributed by atoms with E-state index in [1.165, 1.54) is 0 Å². The molecule has 1 aliphatic heterocycles. The van der Waals surface area contributed by atoms with Crippen molar-refractivity contribution in [2.45, 2.75) is 18.9 Å². The lowest BCUT2D eigenvalue weighted by Crippen LogP contribution is -2.40. The van der Waals surface area contributed by atoms with Crippen LogP contribution in [0.25, 0.3) is 0 Å². The van der Waals surface area contributed by atoms with Gasteiger partial charge in [-0.1, -0.05) is 18.2 Å². The number of carbonyl (C=O) groups excluding carboxylic acids is 1. The first kappa shape index (κ1) is 19.2. The summed E-state index contributed by atoms with van der Waals surface area (Å²) in [7, 11) is 3.64. The largest absolute Gasteiger partial charge is 0.356 e. The van der Waals surface area contributed by atoms with Crippen LogP contribution in [-0.4, -0.2) is 35.2 Å². The van der Waals surface area contributed by atoms with Crippen molar-refractivity contribution in [3.05, 3.63) is 47.8 Å². The number of nitrogens with one attached hydrogen (secondary N) is 3. The van der Waals surface area contributed by atoms with Gasteiger partial charge in [-0.2, -0.15) is 5.10 Å². The predicted octanol–water partition coefficient (Wildman–Crippen LogP) is 1.83. The second kappa shape index (κ2) is 8.84. The molecule has 8 heteroatoms. The molecule has 1 atom stereocenters. The number of aliphatic imine (C=N–C) groups is 1. The van der Waals surface area contributed by atoms with Crippen LogP contribution in [-0.2, 0) is 18.4 Å². The van der Waals surface area contributed by atoms with Crippen molar-refractivity contribution in [2.24, 2.45) is 12.0 Å². The normalized spacial score (nSPS) is 16.5. The average molecular weight is 454 g/mol. The topological polar surface area (TPSA) is 83.3 Å². The van der Waals surface area contributed by atoms with Gasteiger partial charge in [0, 0.05) is 44.9 Å². The van der Waals surface area contributed by atoms with Crippen LogP contribution in [0.5, 0.6) is 0 Å². The van der Waals surface area contributed by atoms with E-state index in [1.807, 2.05) is 36.0 Å². The molecule has 2 aromatic rings. The van der Waals surface area contributed by atoms with Gasteiger partial charge in [-0.05, 0) is 17.7 Å². The first-order valence-corrected chi connectivity index (χ1v) is 7.97. The third-order valence-corrected chi connectivity index (χ3v) is 4.21. The van der Waals surface area contributed by atoms with Gasteiger partial charge in [0.1, 0.15) is 0 Å². The number of carbonyl (C=O) groups is 1. The van der Waals surface area contributed by atoms with Crippen molar-refractivity contribution in [1.29, 1.82) is 0 Å². The van der Waals surface area contributed by atoms with Crippen LogP contribution >= 0.6 is 24.0 Å². The zero-order chi connectivity index (χ0) is 16.9. The molecule has 0 bridgehead atoms. The summed E-state index contributed by atoms with van der Waals surface area (Å²) in [5.41, 5.74) is 3.13. The van der Waals surface area contributed by atoms with Gasteiger partial charge in [0.15, 0.2) is 5.96 Å². The number of anilines is 1. The summed E-state index contributed by atoms with van der Waals surface area (Å²) in [6.07, 6.45) is 2.24. The second-order valence-corrected chi connectivity index (χ2v) is 5.79. The Morgan fingerprint density at radius 2 is 2.16 bits per heavy atom. The fourth-order valence-electron chi connectivity index (χ4n) is 2.87. The number of halogens is 1. The number of guanidine groups is 1. The van der Waals surface area contributed by atoms with Crippen LogP contribution in [0, 0.1) is 0 Å². The number of aryl methyl sites for hydroxylation is 1. The van der Waals surface area contributed by atoms with E-state index in [0.29, 0.717) is 25.5 Å². The number of rotatable bonds is 4. The van der Waals surface area contributed by atoms with Gasteiger partial charge in [0.25, 0.3) is 0 Å². The molecule has 0 fully saturated rings. The van der Waals surface area contributed by atoms with E-state index in [9.17, 15) is 4.79 Å². The fourth-order valence-corrected chi connectivity index (χ4v) is 2.87. The second-order valence-electron chi connectivity index (χ2n) is 5.79. The molecule has 0 saturated carbocycles. The van der Waals surface area contributed by atoms with E-state index in [2.05, 4.69) is 32.1 Å². The average Bonchev–Trinajstić information content (AvgIpc) is 2.99. The van der Waals surface area contributed by atoms with Gasteiger partial charge in [-0.3, -0.25) is 14.5 Å². The quantitative estimate of drug-likeness (QED) is 0.374. The minimum absolute atomic E-state index is 0. The highest BCUT2D eigenvalue weighted by atomic mass is 127. The van der Waals surface area contributed by atoms with Crippen LogP contribution in [0.4, 0.5) is 5.69 Å². The summed E-state index contributed by atoms with van der Waals surface area (Å²) in [5, 5.41) is 13.6. The van der Waals surface area contributed by atoms with Crippen LogP contribution in [0.1, 0.15) is 23.6 Å². The maximum atomic E-state index is 11.9. The number of hydrogen-bond acceptors (Lipinski definition) is 3. The van der Waals surface area contributed by atoms with E-state index >= 15 is 0 Å². The van der Waals surface area contributed by atoms with Crippen molar-refractivity contribution in [1.82, 2.24) is 20.4 Å². The van der Waals surface area contributed by atoms with E-state index in [0.717, 1.165) is 16.9 Å². The lowest BCUT2D eigenvalue weighted by molar-refractivity contribution is -0.116. The third kappa shape index (κ3) is 4.71. The molecule has 0 saturated heterocycles. The van der Waals surface area contributed by atoms with Crippen molar-refractivity contribution < 1.29 is 4.79 Å². The third-order valence-electron chi connectivity index (χ3n) is 4.21. The molecular weight excluding hydrogens is 431 g/mol. The number of nitrogens with zero attached hydrogens (tertiary/aromatic N) is 3. The molecular formula is C17H23IN6O. The minimum Gasteiger partial charge on any atom is -0.356 e. The van der Waals surface area contributed by atoms with Gasteiger partial charge in [-0.15, -0.1) is 24.0 Å². The molecule has 1 amide bonds. The van der Waals surface area contributed by atoms with Gasteiger partial charge in [-0.25, -0.2) is 0 Å². The van der Waals surface area contributed by atoms with Gasteiger partial charge in [0.05, 0.1) is 12.2 Å². The Hall–Kier alpha value is -2.10. The van der Waals surface area contributed by atoms with Crippen molar-refractivity contribution in [3.63, 3.8) is 0 Å². The monoisotopic (exact) mass is 454 g/mol. The number of para-hydroxylation sites is 1. The van der Waals surface area contributed by atoms with E-state index in [1.54, 1.807) is 13.2 Å². The highest BCUT2D eigenvalue weighted by Crippen LogP contribution is 2.31. The highest BCUT2D eigenvalue weighted by molar-refractivity contribution is 14.0. The summed E-state index contributed by atoms with van der Waals surface area (Å²) in [4.78, 5) is 16.1. The van der Waals surface area contributed by atoms with Gasteiger partial charge < -0.3 is 16.0 Å². The summed E-state index contributed by atoms with van der Waals surface area (Å²) < 4.78 is 1.82. The Balaban J connectivity index is 0.00000225. The molecule has 25 heavy (non-hydrogen) atoms. The van der Waals surface area contributed by atoms with E-state index in [-0.39, 0.29) is 35.8 Å². The molecule has 1 aliphatic rings. The smallest absolute Gasteiger partial charge is 0.225 e. The molecule has 3 N–H and O–H groups in total. The Labute approximate surface area is 164 Å². The van der Waals surface area contributed by atoms with Gasteiger partial charge in [0.2, 0.25) is 5.91 Å². The SMILES string of the molecule is CN=C(NCc1ccnn1C)NCC1CC(=O)Nc2ccccc21.I. The summed E-state index contributed by atoms with van der Waals surface area (Å²) >= 11 is 0. The Morgan fingerprint density at radius 1 is 1.36 bits per heavy atom. The van der Waals surface area contributed by atoms with Crippen molar-refractivity contribution in [3.8, 4) is 0 Å². The Kier molecular flexibility index (Phi) is 6.80. The number of fused-ring (bicyclic) bond motifs is 1. The molecule has 3 rings (SSSR count). The molecule has 0 radical (unpaired) electrons. The highest BCUT2D eigenvalue weighted by Gasteiger charge is 2.24. The predicted molar refractivity (Wildman–Crippen MR) is 109 cm³/mol. The Bertz CT molecular complexity index is 757. The minimum atomic E-state index is 0. The summed E-state index contributed by atoms with van der Waals surface area (Å²) in [6.45, 7) is 1.29. The van der Waals surface area contributed by atoms with Gasteiger partial charge >= 0.3 is 0 Å². The van der Waals surface area contributed by atoms with Crippen LogP contribution in [0.3, 0.4) is 0 Å². The Morgan fingerprint density at radius 3 is 2.88 bits per heavy atom. The van der Waals surface area contributed by atoms with Crippen LogP contribution < -0.4 is 16.0 Å². The van der Waals surface area contributed by atoms with E-state index < -0.39 is 0 Å². The zero-order valence-electron chi connectivity index (χ0n) is 14.3. The van der Waals surface area contributed by atoms with Crippen LogP contribution in [0.15, 0.2) is 41.5 Å². The van der Waals surface area contributed by atoms with Crippen LogP contribution in [0.2, 0.25) is 0 Å². The number of benzene rings is 1. The first-order chi connectivity index (χ1) is 11.7. The van der Waals surface area contributed by atoms with E-state index in [4.69, 9.17) is 0 Å².